The second-order valence-corrected chi connectivity index (χ2v) is 4.80. The predicted octanol–water partition coefficient (Wildman–Crippen LogP) is 3.47. The van der Waals surface area contributed by atoms with Crippen molar-refractivity contribution in [2.24, 2.45) is 0 Å². The van der Waals surface area contributed by atoms with Crippen LogP contribution in [-0.2, 0) is 4.74 Å². The van der Waals surface area contributed by atoms with Crippen LogP contribution in [0, 0.1) is 0 Å². The van der Waals surface area contributed by atoms with E-state index in [1.54, 1.807) is 13.3 Å². The normalized spacial score (nSPS) is 13.7. The zero-order chi connectivity index (χ0) is 13.9. The largest absolute Gasteiger partial charge is 0.385 e. The van der Waals surface area contributed by atoms with E-state index in [0.717, 1.165) is 29.3 Å². The summed E-state index contributed by atoms with van der Waals surface area (Å²) in [5, 5.41) is 11.8. The Labute approximate surface area is 114 Å². The molecule has 0 spiro atoms. The fourth-order valence-corrected chi connectivity index (χ4v) is 2.69. The lowest BCUT2D eigenvalue weighted by molar-refractivity contribution is -0.109. The number of aromatic nitrogens is 1. The van der Waals surface area contributed by atoms with Crippen molar-refractivity contribution in [3.63, 3.8) is 0 Å². The molecule has 1 heterocycles. The van der Waals surface area contributed by atoms with E-state index in [1.807, 2.05) is 44.2 Å². The molecule has 3 nitrogen and oxygen atoms in total. The number of pyridine rings is 1. The molecule has 0 aliphatic carbocycles. The van der Waals surface area contributed by atoms with Crippen LogP contribution >= 0.6 is 0 Å². The number of aliphatic hydroxyl groups excluding tert-OH is 1. The Kier molecular flexibility index (Phi) is 4.17. The van der Waals surface area contributed by atoms with Crippen molar-refractivity contribution in [1.82, 2.24) is 4.98 Å². The van der Waals surface area contributed by atoms with Gasteiger partial charge < -0.3 is 9.84 Å². The maximum Gasteiger partial charge on any atom is 0.109 e. The number of hydrogen-bond donors (Lipinski definition) is 1. The van der Waals surface area contributed by atoms with Crippen molar-refractivity contribution in [1.29, 1.82) is 0 Å². The molecule has 102 valence electrons. The summed E-state index contributed by atoms with van der Waals surface area (Å²) >= 11 is 0. The molecule has 0 saturated carbocycles. The Morgan fingerprint density at radius 2 is 1.95 bits per heavy atom. The minimum absolute atomic E-state index is 0.538. The van der Waals surface area contributed by atoms with Crippen LogP contribution in [0.1, 0.15) is 38.4 Å². The lowest BCUT2D eigenvalue weighted by Gasteiger charge is -2.35. The second-order valence-electron chi connectivity index (χ2n) is 4.80. The minimum atomic E-state index is -0.652. The molecule has 0 aliphatic rings. The van der Waals surface area contributed by atoms with Gasteiger partial charge in [-0.15, -0.1) is 0 Å². The average Bonchev–Trinajstić information content (AvgIpc) is 2.49. The van der Waals surface area contributed by atoms with Gasteiger partial charge in [0.15, 0.2) is 0 Å². The number of benzene rings is 1. The van der Waals surface area contributed by atoms with Gasteiger partial charge in [0.05, 0.1) is 11.1 Å². The van der Waals surface area contributed by atoms with E-state index in [1.165, 1.54) is 0 Å². The van der Waals surface area contributed by atoms with Gasteiger partial charge in [-0.05, 0) is 30.5 Å². The van der Waals surface area contributed by atoms with E-state index in [2.05, 4.69) is 4.98 Å². The summed E-state index contributed by atoms with van der Waals surface area (Å²) in [6, 6.07) is 9.73. The number of nitrogens with zero attached hydrogens (tertiary/aromatic N) is 1. The quantitative estimate of drug-likeness (QED) is 0.894. The number of aliphatic hydroxyl groups is 1. The number of methoxy groups -OCH3 is 1. The van der Waals surface area contributed by atoms with Crippen molar-refractivity contribution < 1.29 is 9.84 Å². The van der Waals surface area contributed by atoms with E-state index in [9.17, 15) is 5.11 Å². The maximum absolute atomic E-state index is 10.8. The summed E-state index contributed by atoms with van der Waals surface area (Å²) in [6.45, 7) is 4.08. The van der Waals surface area contributed by atoms with Crippen molar-refractivity contribution in [2.45, 2.75) is 38.4 Å². The minimum Gasteiger partial charge on any atom is -0.385 e. The standard InChI is InChI=1S/C16H21NO2/c1-4-16(5-2,19-3)15(18)13-8-6-10-14-12(13)9-7-11-17-14/h6-11,15,18H,4-5H2,1-3H3. The number of fused-ring (bicyclic) bond motifs is 1. The maximum atomic E-state index is 10.8. The van der Waals surface area contributed by atoms with Gasteiger partial charge in [-0.1, -0.05) is 32.0 Å². The molecule has 3 heteroatoms. The molecule has 0 saturated heterocycles. The zero-order valence-electron chi connectivity index (χ0n) is 11.8. The van der Waals surface area contributed by atoms with Crippen LogP contribution in [-0.4, -0.2) is 22.8 Å². The highest BCUT2D eigenvalue weighted by atomic mass is 16.5. The summed E-state index contributed by atoms with van der Waals surface area (Å²) in [4.78, 5) is 4.33. The first-order chi connectivity index (χ1) is 9.18. The first-order valence-electron chi connectivity index (χ1n) is 6.75. The number of ether oxygens (including phenoxy) is 1. The van der Waals surface area contributed by atoms with Crippen LogP contribution in [0.2, 0.25) is 0 Å². The second kappa shape index (κ2) is 5.68. The van der Waals surface area contributed by atoms with E-state index in [0.29, 0.717) is 0 Å². The molecule has 2 aromatic rings. The molecule has 0 amide bonds. The monoisotopic (exact) mass is 259 g/mol. The van der Waals surface area contributed by atoms with Gasteiger partial charge in [0, 0.05) is 18.7 Å². The van der Waals surface area contributed by atoms with Gasteiger partial charge in [-0.25, -0.2) is 0 Å². The lowest BCUT2D eigenvalue weighted by Crippen LogP contribution is -2.37. The third kappa shape index (κ3) is 2.36. The third-order valence-electron chi connectivity index (χ3n) is 4.08. The molecule has 0 fully saturated rings. The van der Waals surface area contributed by atoms with Crippen LogP contribution in [0.5, 0.6) is 0 Å². The molecule has 0 aliphatic heterocycles. The van der Waals surface area contributed by atoms with Crippen LogP contribution in [0.15, 0.2) is 36.5 Å². The molecular formula is C16H21NO2. The van der Waals surface area contributed by atoms with Crippen LogP contribution < -0.4 is 0 Å². The zero-order valence-corrected chi connectivity index (χ0v) is 11.8. The summed E-state index contributed by atoms with van der Waals surface area (Å²) in [5.74, 6) is 0. The molecule has 1 N–H and O–H groups in total. The van der Waals surface area contributed by atoms with Gasteiger partial charge >= 0.3 is 0 Å². The van der Waals surface area contributed by atoms with E-state index >= 15 is 0 Å². The van der Waals surface area contributed by atoms with Crippen LogP contribution in [0.25, 0.3) is 10.9 Å². The molecule has 1 aromatic carbocycles. The Hall–Kier alpha value is -1.45. The highest BCUT2D eigenvalue weighted by Gasteiger charge is 2.36. The average molecular weight is 259 g/mol. The van der Waals surface area contributed by atoms with E-state index < -0.39 is 11.7 Å². The Bertz CT molecular complexity index is 536. The van der Waals surface area contributed by atoms with E-state index in [4.69, 9.17) is 4.74 Å². The molecule has 1 aromatic heterocycles. The first-order valence-corrected chi connectivity index (χ1v) is 6.75. The fraction of sp³-hybridized carbons (Fsp3) is 0.438. The van der Waals surface area contributed by atoms with Crippen molar-refractivity contribution in [3.8, 4) is 0 Å². The van der Waals surface area contributed by atoms with Crippen molar-refractivity contribution >= 4 is 10.9 Å². The molecule has 2 rings (SSSR count). The topological polar surface area (TPSA) is 42.4 Å². The van der Waals surface area contributed by atoms with E-state index in [-0.39, 0.29) is 0 Å². The lowest BCUT2D eigenvalue weighted by atomic mass is 9.84. The molecule has 0 bridgehead atoms. The van der Waals surface area contributed by atoms with Crippen LogP contribution in [0.3, 0.4) is 0 Å². The van der Waals surface area contributed by atoms with Crippen molar-refractivity contribution in [2.75, 3.05) is 7.11 Å². The SMILES string of the molecule is CCC(CC)(OC)C(O)c1cccc2ncccc12. The van der Waals surface area contributed by atoms with Crippen LogP contribution in [0.4, 0.5) is 0 Å². The summed E-state index contributed by atoms with van der Waals surface area (Å²) in [6.07, 6.45) is 2.64. The molecule has 19 heavy (non-hydrogen) atoms. The Morgan fingerprint density at radius 1 is 1.21 bits per heavy atom. The number of hydrogen-bond acceptors (Lipinski definition) is 3. The molecular weight excluding hydrogens is 238 g/mol. The first kappa shape index (κ1) is 14.0. The smallest absolute Gasteiger partial charge is 0.109 e. The number of rotatable bonds is 5. The van der Waals surface area contributed by atoms with Crippen molar-refractivity contribution in [3.05, 3.63) is 42.1 Å². The Balaban J connectivity index is 2.55. The molecule has 1 atom stereocenters. The van der Waals surface area contributed by atoms with Gasteiger partial charge in [0.25, 0.3) is 0 Å². The summed E-state index contributed by atoms with van der Waals surface area (Å²) in [7, 11) is 1.67. The molecule has 0 radical (unpaired) electrons. The third-order valence-corrected chi connectivity index (χ3v) is 4.08. The van der Waals surface area contributed by atoms with Gasteiger partial charge in [0.2, 0.25) is 0 Å². The van der Waals surface area contributed by atoms with Gasteiger partial charge in [-0.3, -0.25) is 4.98 Å². The highest BCUT2D eigenvalue weighted by Crippen LogP contribution is 2.37. The van der Waals surface area contributed by atoms with Gasteiger partial charge in [0.1, 0.15) is 6.10 Å². The Morgan fingerprint density at radius 3 is 2.58 bits per heavy atom. The highest BCUT2D eigenvalue weighted by molar-refractivity contribution is 5.82. The summed E-state index contributed by atoms with van der Waals surface area (Å²) in [5.41, 5.74) is 1.25. The predicted molar refractivity (Wildman–Crippen MR) is 77.0 cm³/mol. The summed E-state index contributed by atoms with van der Waals surface area (Å²) < 4.78 is 5.63. The molecule has 1 unspecified atom stereocenters. The fourth-order valence-electron chi connectivity index (χ4n) is 2.69. The van der Waals surface area contributed by atoms with Gasteiger partial charge in [-0.2, -0.15) is 0 Å².